The van der Waals surface area contributed by atoms with Crippen molar-refractivity contribution >= 4 is 62.5 Å². The molecule has 30 heavy (non-hydrogen) atoms. The molecule has 0 heterocycles. The fourth-order valence-electron chi connectivity index (χ4n) is 3.43. The third kappa shape index (κ3) is 8.26. The van der Waals surface area contributed by atoms with Gasteiger partial charge in [-0.1, -0.05) is 78.9 Å². The SMILES string of the molecule is CN(C)Cc1cccc(CN(C)C)c1P(c1ccccc1)c1ccccc1.[I][Pt][I]. The molecule has 0 saturated heterocycles. The van der Waals surface area contributed by atoms with Crippen molar-refractivity contribution in [3.63, 3.8) is 0 Å². The molecule has 0 unspecified atom stereocenters. The van der Waals surface area contributed by atoms with Gasteiger partial charge < -0.3 is 9.80 Å². The quantitative estimate of drug-likeness (QED) is 0.235. The van der Waals surface area contributed by atoms with Crippen LogP contribution >= 0.6 is 46.6 Å². The molecule has 0 saturated carbocycles. The van der Waals surface area contributed by atoms with Gasteiger partial charge in [-0.2, -0.15) is 0 Å². The zero-order valence-electron chi connectivity index (χ0n) is 17.8. The first-order chi connectivity index (χ1) is 14.5. The first kappa shape index (κ1) is 26.4. The van der Waals surface area contributed by atoms with Gasteiger partial charge >= 0.3 is 49.9 Å². The summed E-state index contributed by atoms with van der Waals surface area (Å²) in [5.41, 5.74) is 2.86. The van der Waals surface area contributed by atoms with Gasteiger partial charge in [-0.05, 0) is 63.2 Å². The molecular weight excluding hydrogens is 796 g/mol. The molecule has 0 bridgehead atoms. The van der Waals surface area contributed by atoms with Crippen LogP contribution in [0.2, 0.25) is 0 Å². The molecule has 164 valence electrons. The van der Waals surface area contributed by atoms with E-state index in [4.69, 9.17) is 0 Å². The number of hydrogen-bond donors (Lipinski definition) is 0. The molecule has 0 radical (unpaired) electrons. The molecule has 0 spiro atoms. The van der Waals surface area contributed by atoms with Crippen molar-refractivity contribution in [3.05, 3.63) is 90.0 Å². The number of nitrogens with zero attached hydrogens (tertiary/aromatic N) is 2. The fourth-order valence-corrected chi connectivity index (χ4v) is 6.05. The molecule has 2 nitrogen and oxygen atoms in total. The Bertz CT molecular complexity index is 809. The number of hydrogen-bond acceptors (Lipinski definition) is 2. The van der Waals surface area contributed by atoms with Crippen LogP contribution in [0.25, 0.3) is 0 Å². The monoisotopic (exact) mass is 825 g/mol. The summed E-state index contributed by atoms with van der Waals surface area (Å²) in [6.07, 6.45) is 0. The number of halogens is 2. The van der Waals surface area contributed by atoms with Crippen LogP contribution in [-0.4, -0.2) is 38.0 Å². The molecule has 3 rings (SSSR count). The Labute approximate surface area is 212 Å². The Morgan fingerprint density at radius 1 is 0.633 bits per heavy atom. The van der Waals surface area contributed by atoms with Crippen molar-refractivity contribution in [2.45, 2.75) is 13.1 Å². The van der Waals surface area contributed by atoms with E-state index in [1.54, 1.807) is 0 Å². The summed E-state index contributed by atoms with van der Waals surface area (Å²) in [4.78, 5) is 4.53. The van der Waals surface area contributed by atoms with Gasteiger partial charge in [0.2, 0.25) is 0 Å². The average molecular weight is 825 g/mol. The second-order valence-electron chi connectivity index (χ2n) is 7.45. The van der Waals surface area contributed by atoms with Crippen LogP contribution in [0.4, 0.5) is 0 Å². The summed E-state index contributed by atoms with van der Waals surface area (Å²) in [6, 6.07) is 28.8. The molecule has 0 fully saturated rings. The fraction of sp³-hybridized carbons (Fsp3) is 0.250. The molecule has 6 heteroatoms. The van der Waals surface area contributed by atoms with E-state index in [0.717, 1.165) is 13.1 Å². The van der Waals surface area contributed by atoms with Gasteiger partial charge in [-0.15, -0.1) is 0 Å². The van der Waals surface area contributed by atoms with E-state index in [1.165, 1.54) is 27.0 Å². The third-order valence-corrected chi connectivity index (χ3v) is 7.08. The summed E-state index contributed by atoms with van der Waals surface area (Å²) < 4.78 is 0. The summed E-state index contributed by atoms with van der Waals surface area (Å²) in [5, 5.41) is 4.32. The minimum absolute atomic E-state index is 0.523. The first-order valence-corrected chi connectivity index (χ1v) is 23.8. The van der Waals surface area contributed by atoms with E-state index in [9.17, 15) is 0 Å². The van der Waals surface area contributed by atoms with Gasteiger partial charge in [0.05, 0.1) is 0 Å². The van der Waals surface area contributed by atoms with Crippen molar-refractivity contribution in [2.75, 3.05) is 28.2 Å². The molecule has 0 amide bonds. The topological polar surface area (TPSA) is 6.48 Å². The van der Waals surface area contributed by atoms with E-state index < -0.39 is 7.92 Å². The molecule has 0 N–H and O–H groups in total. The van der Waals surface area contributed by atoms with E-state index in [0.29, 0.717) is 11.2 Å². The Hall–Kier alpha value is 0.158. The summed E-state index contributed by atoms with van der Waals surface area (Å²) in [5.74, 6) is 0. The first-order valence-electron chi connectivity index (χ1n) is 9.60. The van der Waals surface area contributed by atoms with E-state index in [-0.39, 0.29) is 0 Å². The van der Waals surface area contributed by atoms with Gasteiger partial charge in [0.1, 0.15) is 0 Å². The van der Waals surface area contributed by atoms with Crippen molar-refractivity contribution in [2.24, 2.45) is 0 Å². The van der Waals surface area contributed by atoms with Crippen LogP contribution in [0.3, 0.4) is 0 Å². The molecule has 0 aliphatic carbocycles. The number of benzene rings is 3. The van der Waals surface area contributed by atoms with Crippen LogP contribution in [0.1, 0.15) is 11.1 Å². The zero-order chi connectivity index (χ0) is 21.9. The van der Waals surface area contributed by atoms with Crippen molar-refractivity contribution in [1.82, 2.24) is 9.80 Å². The summed E-state index contributed by atoms with van der Waals surface area (Å²) in [7, 11) is 7.99. The maximum atomic E-state index is 2.39. The van der Waals surface area contributed by atoms with E-state index >= 15 is 0 Å². The summed E-state index contributed by atoms with van der Waals surface area (Å²) in [6.45, 7) is 1.91. The maximum absolute atomic E-state index is 2.39. The normalized spacial score (nSPS) is 11.1. The standard InChI is InChI=1S/C24H29N2P.2HI.Pt/c1-25(2)18-20-12-11-13-21(19-26(3)4)24(20)27(22-14-7-5-8-15-22)23-16-9-6-10-17-23;;;/h5-17H,18-19H2,1-4H3;2*1H;/q;;;+2/p-2. The Balaban J connectivity index is 0.00000101. The van der Waals surface area contributed by atoms with Crippen LogP contribution < -0.4 is 15.9 Å². The molecule has 3 aromatic rings. The van der Waals surface area contributed by atoms with Crippen LogP contribution in [0.15, 0.2) is 78.9 Å². The third-order valence-electron chi connectivity index (χ3n) is 4.43. The Morgan fingerprint density at radius 2 is 1.00 bits per heavy atom. The van der Waals surface area contributed by atoms with E-state index in [1.807, 2.05) is 0 Å². The van der Waals surface area contributed by atoms with Crippen molar-refractivity contribution in [1.29, 1.82) is 0 Å². The van der Waals surface area contributed by atoms with Gasteiger partial charge in [-0.3, -0.25) is 0 Å². The second kappa shape index (κ2) is 14.3. The van der Waals surface area contributed by atoms with Crippen molar-refractivity contribution < 1.29 is 11.2 Å². The van der Waals surface area contributed by atoms with Gasteiger partial charge in [0.15, 0.2) is 0 Å². The van der Waals surface area contributed by atoms with E-state index in [2.05, 4.69) is 156 Å². The Kier molecular flexibility index (Phi) is 12.6. The minimum atomic E-state index is -0.602. The second-order valence-corrected chi connectivity index (χ2v) is 26.2. The molecule has 0 aliphatic rings. The molecule has 0 atom stereocenters. The molecule has 0 aliphatic heterocycles. The zero-order valence-corrected chi connectivity index (χ0v) is 25.3. The molecular formula is C24H29I2N2PPt. The predicted molar refractivity (Wildman–Crippen MR) is 148 cm³/mol. The van der Waals surface area contributed by atoms with Gasteiger partial charge in [-0.25, -0.2) is 0 Å². The average Bonchev–Trinajstić information content (AvgIpc) is 2.71. The van der Waals surface area contributed by atoms with Gasteiger partial charge in [0.25, 0.3) is 0 Å². The van der Waals surface area contributed by atoms with Crippen LogP contribution in [-0.2, 0) is 24.3 Å². The summed E-state index contributed by atoms with van der Waals surface area (Å²) >= 11 is 5.30. The Morgan fingerprint density at radius 3 is 1.33 bits per heavy atom. The number of rotatable bonds is 7. The van der Waals surface area contributed by atoms with Crippen LogP contribution in [0, 0.1) is 0 Å². The van der Waals surface area contributed by atoms with Crippen LogP contribution in [0.5, 0.6) is 0 Å². The molecule has 0 aromatic heterocycles. The molecule has 3 aromatic carbocycles. The predicted octanol–water partition coefficient (Wildman–Crippen LogP) is 5.34. The van der Waals surface area contributed by atoms with Gasteiger partial charge in [0, 0.05) is 13.1 Å². The van der Waals surface area contributed by atoms with Crippen molar-refractivity contribution in [3.8, 4) is 0 Å².